The number of phenols is 1. The van der Waals surface area contributed by atoms with E-state index in [-0.39, 0.29) is 16.3 Å². The number of carbonyl (C=O) groups excluding carboxylic acids is 1. The van der Waals surface area contributed by atoms with Crippen LogP contribution in [0.5, 0.6) is 5.75 Å². The first-order valence-corrected chi connectivity index (χ1v) is 8.28. The molecule has 2 N–H and O–H groups in total. The predicted molar refractivity (Wildman–Crippen MR) is 88.3 cm³/mol. The fourth-order valence-corrected chi connectivity index (χ4v) is 3.50. The molecule has 3 aromatic carbocycles. The summed E-state index contributed by atoms with van der Waals surface area (Å²) in [6, 6.07) is 16.0. The van der Waals surface area contributed by atoms with E-state index >= 15 is 0 Å². The van der Waals surface area contributed by atoms with Crippen molar-refractivity contribution in [2.45, 2.75) is 4.90 Å². The standard InChI is InChI=1S/C17H13NO4S/c19-11-12-4-3-6-14(10-12)18-23(21,22)16-9-8-13-5-1-2-7-15(13)17(16)20/h1-11,18,20H. The normalized spacial score (nSPS) is 11.3. The number of aromatic hydroxyl groups is 1. The fraction of sp³-hybridized carbons (Fsp3) is 0. The van der Waals surface area contributed by atoms with Gasteiger partial charge in [-0.05, 0) is 23.6 Å². The number of benzene rings is 3. The van der Waals surface area contributed by atoms with Crippen LogP contribution in [0.2, 0.25) is 0 Å². The van der Waals surface area contributed by atoms with Crippen LogP contribution in [0.1, 0.15) is 10.4 Å². The second-order valence-corrected chi connectivity index (χ2v) is 6.63. The second-order valence-electron chi connectivity index (χ2n) is 4.98. The maximum Gasteiger partial charge on any atom is 0.265 e. The molecule has 5 nitrogen and oxygen atoms in total. The Morgan fingerprint density at radius 2 is 1.74 bits per heavy atom. The molecular weight excluding hydrogens is 314 g/mol. The number of aldehydes is 1. The van der Waals surface area contributed by atoms with Gasteiger partial charge in [-0.25, -0.2) is 8.42 Å². The Kier molecular flexibility index (Phi) is 3.75. The van der Waals surface area contributed by atoms with Crippen LogP contribution in [0.25, 0.3) is 10.8 Å². The third-order valence-corrected chi connectivity index (χ3v) is 4.84. The van der Waals surface area contributed by atoms with Crippen LogP contribution in [0.3, 0.4) is 0 Å². The molecule has 0 fully saturated rings. The molecule has 116 valence electrons. The van der Waals surface area contributed by atoms with Gasteiger partial charge >= 0.3 is 0 Å². The largest absolute Gasteiger partial charge is 0.506 e. The van der Waals surface area contributed by atoms with E-state index in [4.69, 9.17) is 0 Å². The first-order chi connectivity index (χ1) is 11.0. The Labute approximate surface area is 133 Å². The second kappa shape index (κ2) is 5.73. The summed E-state index contributed by atoms with van der Waals surface area (Å²) in [6.45, 7) is 0. The molecule has 0 atom stereocenters. The summed E-state index contributed by atoms with van der Waals surface area (Å²) in [7, 11) is -3.98. The quantitative estimate of drug-likeness (QED) is 0.721. The lowest BCUT2D eigenvalue weighted by Crippen LogP contribution is -2.13. The first kappa shape index (κ1) is 15.1. The Morgan fingerprint density at radius 3 is 2.52 bits per heavy atom. The van der Waals surface area contributed by atoms with Gasteiger partial charge in [0, 0.05) is 16.6 Å². The SMILES string of the molecule is O=Cc1cccc(NS(=O)(=O)c2ccc3ccccc3c2O)c1. The van der Waals surface area contributed by atoms with Crippen molar-refractivity contribution in [3.05, 3.63) is 66.2 Å². The van der Waals surface area contributed by atoms with E-state index in [0.717, 1.165) is 5.39 Å². The topological polar surface area (TPSA) is 83.5 Å². The molecule has 6 heteroatoms. The molecule has 3 rings (SSSR count). The van der Waals surface area contributed by atoms with Crippen LogP contribution in [-0.4, -0.2) is 19.8 Å². The molecule has 0 aromatic heterocycles. The number of anilines is 1. The van der Waals surface area contributed by atoms with Crippen LogP contribution in [0.15, 0.2) is 65.6 Å². The van der Waals surface area contributed by atoms with Gasteiger partial charge in [0.15, 0.2) is 0 Å². The average molecular weight is 327 g/mol. The highest BCUT2D eigenvalue weighted by atomic mass is 32.2. The van der Waals surface area contributed by atoms with Crippen molar-refractivity contribution in [2.75, 3.05) is 4.72 Å². The van der Waals surface area contributed by atoms with Gasteiger partial charge in [0.2, 0.25) is 0 Å². The van der Waals surface area contributed by atoms with Crippen molar-refractivity contribution in [3.8, 4) is 5.75 Å². The summed E-state index contributed by atoms with van der Waals surface area (Å²) >= 11 is 0. The Balaban J connectivity index is 2.05. The van der Waals surface area contributed by atoms with Crippen molar-refractivity contribution in [2.24, 2.45) is 0 Å². The molecule has 0 aliphatic rings. The highest BCUT2D eigenvalue weighted by Crippen LogP contribution is 2.32. The van der Waals surface area contributed by atoms with Gasteiger partial charge in [0.25, 0.3) is 10.0 Å². The number of hydrogen-bond donors (Lipinski definition) is 2. The number of fused-ring (bicyclic) bond motifs is 1. The summed E-state index contributed by atoms with van der Waals surface area (Å²) in [5.74, 6) is -0.304. The summed E-state index contributed by atoms with van der Waals surface area (Å²) in [6.07, 6.45) is 0.630. The lowest BCUT2D eigenvalue weighted by atomic mass is 10.1. The third-order valence-electron chi connectivity index (χ3n) is 3.43. The predicted octanol–water partition coefficient (Wildman–Crippen LogP) is 3.16. The van der Waals surface area contributed by atoms with Crippen LogP contribution >= 0.6 is 0 Å². The van der Waals surface area contributed by atoms with E-state index in [1.165, 1.54) is 18.2 Å². The minimum atomic E-state index is -3.98. The summed E-state index contributed by atoms with van der Waals surface area (Å²) in [4.78, 5) is 10.6. The number of carbonyl (C=O) groups is 1. The number of sulfonamides is 1. The van der Waals surface area contributed by atoms with Crippen molar-refractivity contribution in [1.29, 1.82) is 0 Å². The summed E-state index contributed by atoms with van der Waals surface area (Å²) in [5, 5.41) is 11.5. The molecule has 0 aliphatic heterocycles. The number of hydrogen-bond acceptors (Lipinski definition) is 4. The van der Waals surface area contributed by atoms with Gasteiger partial charge in [-0.3, -0.25) is 9.52 Å². The number of phenolic OH excluding ortho intramolecular Hbond substituents is 1. The van der Waals surface area contributed by atoms with Crippen molar-refractivity contribution >= 4 is 32.8 Å². The van der Waals surface area contributed by atoms with E-state index < -0.39 is 10.0 Å². The van der Waals surface area contributed by atoms with Crippen molar-refractivity contribution in [1.82, 2.24) is 0 Å². The van der Waals surface area contributed by atoms with Gasteiger partial charge in [0.05, 0.1) is 0 Å². The maximum absolute atomic E-state index is 12.5. The first-order valence-electron chi connectivity index (χ1n) is 6.80. The van der Waals surface area contributed by atoms with Gasteiger partial charge in [-0.15, -0.1) is 0 Å². The van der Waals surface area contributed by atoms with Crippen LogP contribution in [0.4, 0.5) is 5.69 Å². The highest BCUT2D eigenvalue weighted by molar-refractivity contribution is 7.92. The number of nitrogens with one attached hydrogen (secondary N) is 1. The monoisotopic (exact) mass is 327 g/mol. The van der Waals surface area contributed by atoms with E-state index in [0.29, 0.717) is 17.2 Å². The molecule has 23 heavy (non-hydrogen) atoms. The molecule has 0 unspecified atom stereocenters. The zero-order chi connectivity index (χ0) is 16.4. The van der Waals surface area contributed by atoms with Gasteiger partial charge in [0.1, 0.15) is 16.9 Å². The molecular formula is C17H13NO4S. The lowest BCUT2D eigenvalue weighted by molar-refractivity contribution is 0.112. The minimum Gasteiger partial charge on any atom is -0.506 e. The fourth-order valence-electron chi connectivity index (χ4n) is 2.34. The smallest absolute Gasteiger partial charge is 0.265 e. The molecule has 0 amide bonds. The molecule has 0 saturated heterocycles. The molecule has 0 saturated carbocycles. The van der Waals surface area contributed by atoms with E-state index in [1.807, 2.05) is 0 Å². The van der Waals surface area contributed by atoms with Crippen molar-refractivity contribution in [3.63, 3.8) is 0 Å². The highest BCUT2D eigenvalue weighted by Gasteiger charge is 2.20. The Morgan fingerprint density at radius 1 is 0.957 bits per heavy atom. The molecule has 3 aromatic rings. The Bertz CT molecular complexity index is 996. The molecule has 0 aliphatic carbocycles. The average Bonchev–Trinajstić information content (AvgIpc) is 2.55. The van der Waals surface area contributed by atoms with Gasteiger partial charge < -0.3 is 5.11 Å². The molecule has 0 bridgehead atoms. The summed E-state index contributed by atoms with van der Waals surface area (Å²) in [5.41, 5.74) is 0.607. The lowest BCUT2D eigenvalue weighted by Gasteiger charge is -2.11. The van der Waals surface area contributed by atoms with Crippen LogP contribution < -0.4 is 4.72 Å². The zero-order valence-corrected chi connectivity index (χ0v) is 12.7. The molecule has 0 radical (unpaired) electrons. The van der Waals surface area contributed by atoms with Crippen LogP contribution in [-0.2, 0) is 10.0 Å². The minimum absolute atomic E-state index is 0.215. The van der Waals surface area contributed by atoms with Gasteiger partial charge in [-0.2, -0.15) is 0 Å². The molecule has 0 spiro atoms. The van der Waals surface area contributed by atoms with Crippen molar-refractivity contribution < 1.29 is 18.3 Å². The van der Waals surface area contributed by atoms with Gasteiger partial charge in [-0.1, -0.05) is 42.5 Å². The van der Waals surface area contributed by atoms with E-state index in [1.54, 1.807) is 42.5 Å². The maximum atomic E-state index is 12.5. The zero-order valence-electron chi connectivity index (χ0n) is 11.9. The third kappa shape index (κ3) is 2.89. The number of rotatable bonds is 4. The molecule has 0 heterocycles. The van der Waals surface area contributed by atoms with Crippen LogP contribution in [0, 0.1) is 0 Å². The Hall–Kier alpha value is -2.86. The van der Waals surface area contributed by atoms with E-state index in [2.05, 4.69) is 4.72 Å². The van der Waals surface area contributed by atoms with E-state index in [9.17, 15) is 18.3 Å². The summed E-state index contributed by atoms with van der Waals surface area (Å²) < 4.78 is 27.4.